The third-order valence-corrected chi connectivity index (χ3v) is 3.83. The second-order valence-electron chi connectivity index (χ2n) is 4.79. The Morgan fingerprint density at radius 3 is 2.80 bits per heavy atom. The third-order valence-electron chi connectivity index (χ3n) is 3.44. The number of anilines is 2. The molecule has 0 amide bonds. The van der Waals surface area contributed by atoms with E-state index < -0.39 is 0 Å². The molecular weight excluding hydrogens is 324 g/mol. The van der Waals surface area contributed by atoms with Crippen LogP contribution in [0.2, 0.25) is 0 Å². The number of hydrogen-bond donors (Lipinski definition) is 2. The van der Waals surface area contributed by atoms with Crippen LogP contribution in [0.25, 0.3) is 0 Å². The summed E-state index contributed by atoms with van der Waals surface area (Å²) < 4.78 is 6.04. The lowest BCUT2D eigenvalue weighted by Crippen LogP contribution is -2.30. The molecule has 1 aromatic heterocycles. The number of nitrogens with one attached hydrogen (secondary N) is 2. The van der Waals surface area contributed by atoms with Crippen LogP contribution < -0.4 is 10.6 Å². The highest BCUT2D eigenvalue weighted by atomic mass is 79.9. The lowest BCUT2D eigenvalue weighted by atomic mass is 9.93. The van der Waals surface area contributed by atoms with Crippen LogP contribution in [0.1, 0.15) is 25.7 Å². The van der Waals surface area contributed by atoms with E-state index in [1.807, 2.05) is 0 Å². The van der Waals surface area contributed by atoms with E-state index >= 15 is 0 Å². The number of hydrogen-bond acceptors (Lipinski definition) is 6. The molecule has 1 saturated carbocycles. The number of aromatic nitrogens is 2. The maximum atomic E-state index is 10.5. The van der Waals surface area contributed by atoms with Crippen molar-refractivity contribution in [3.05, 3.63) is 10.8 Å². The highest BCUT2D eigenvalue weighted by Crippen LogP contribution is 2.26. The quantitative estimate of drug-likeness (QED) is 0.772. The van der Waals surface area contributed by atoms with Crippen molar-refractivity contribution in [1.29, 1.82) is 0 Å². The molecule has 6 nitrogen and oxygen atoms in total. The lowest BCUT2D eigenvalue weighted by molar-refractivity contribution is -0.106. The number of ether oxygens (including phenoxy) is 1. The van der Waals surface area contributed by atoms with Gasteiger partial charge in [0.05, 0.1) is 18.8 Å². The fourth-order valence-electron chi connectivity index (χ4n) is 2.37. The molecule has 1 aliphatic rings. The number of nitrogens with zero attached hydrogens (tertiary/aromatic N) is 2. The smallest absolute Gasteiger partial charge is 0.170 e. The molecule has 0 aliphatic heterocycles. The van der Waals surface area contributed by atoms with Gasteiger partial charge in [-0.2, -0.15) is 0 Å². The number of carbonyl (C=O) groups is 1. The molecule has 1 heterocycles. The van der Waals surface area contributed by atoms with Gasteiger partial charge in [0.25, 0.3) is 0 Å². The highest BCUT2D eigenvalue weighted by molar-refractivity contribution is 9.10. The molecule has 110 valence electrons. The maximum Gasteiger partial charge on any atom is 0.170 e. The van der Waals surface area contributed by atoms with E-state index in [0.717, 1.165) is 32.0 Å². The van der Waals surface area contributed by atoms with Crippen LogP contribution in [0.5, 0.6) is 0 Å². The van der Waals surface area contributed by atoms with Gasteiger partial charge in [-0.3, -0.25) is 0 Å². The van der Waals surface area contributed by atoms with Crippen LogP contribution in [0.4, 0.5) is 11.6 Å². The summed E-state index contributed by atoms with van der Waals surface area (Å²) in [4.78, 5) is 19.1. The summed E-state index contributed by atoms with van der Waals surface area (Å²) in [6, 6.07) is 0.363. The zero-order chi connectivity index (χ0) is 14.4. The second kappa shape index (κ2) is 7.54. The molecule has 7 heteroatoms. The zero-order valence-corrected chi connectivity index (χ0v) is 13.0. The molecule has 0 atom stereocenters. The monoisotopic (exact) mass is 342 g/mol. The number of rotatable bonds is 6. The molecular formula is C13H19BrN4O2. The van der Waals surface area contributed by atoms with Crippen molar-refractivity contribution in [1.82, 2.24) is 9.97 Å². The van der Waals surface area contributed by atoms with Gasteiger partial charge in [-0.1, -0.05) is 0 Å². The van der Waals surface area contributed by atoms with Crippen molar-refractivity contribution in [2.45, 2.75) is 37.8 Å². The van der Waals surface area contributed by atoms with E-state index in [1.165, 1.54) is 0 Å². The summed E-state index contributed by atoms with van der Waals surface area (Å²) in [6.07, 6.45) is 6.96. The molecule has 0 aromatic carbocycles. The number of carbonyl (C=O) groups excluding carboxylic acids is 1. The van der Waals surface area contributed by atoms with E-state index in [2.05, 4.69) is 36.5 Å². The van der Waals surface area contributed by atoms with Gasteiger partial charge in [0.1, 0.15) is 10.9 Å². The van der Waals surface area contributed by atoms with Crippen molar-refractivity contribution in [2.24, 2.45) is 0 Å². The topological polar surface area (TPSA) is 76.1 Å². The van der Waals surface area contributed by atoms with Gasteiger partial charge >= 0.3 is 0 Å². The molecule has 1 aromatic rings. The first-order chi connectivity index (χ1) is 9.72. The minimum absolute atomic E-state index is 0.224. The van der Waals surface area contributed by atoms with Crippen molar-refractivity contribution in [2.75, 3.05) is 24.3 Å². The van der Waals surface area contributed by atoms with Gasteiger partial charge in [-0.25, -0.2) is 9.97 Å². The minimum atomic E-state index is 0.224. The Hall–Kier alpha value is -1.21. The first kappa shape index (κ1) is 15.2. The maximum absolute atomic E-state index is 10.5. The highest BCUT2D eigenvalue weighted by Gasteiger charge is 2.22. The Balaban J connectivity index is 2.00. The Labute approximate surface area is 126 Å². The zero-order valence-electron chi connectivity index (χ0n) is 11.4. The van der Waals surface area contributed by atoms with Crippen LogP contribution in [-0.2, 0) is 9.53 Å². The first-order valence-corrected chi connectivity index (χ1v) is 7.51. The Morgan fingerprint density at radius 2 is 2.15 bits per heavy atom. The van der Waals surface area contributed by atoms with Gasteiger partial charge in [0.15, 0.2) is 11.6 Å². The minimum Gasteiger partial charge on any atom is -0.381 e. The molecule has 1 aliphatic carbocycles. The number of methoxy groups -OCH3 is 1. The average molecular weight is 343 g/mol. The Kier molecular flexibility index (Phi) is 5.72. The van der Waals surface area contributed by atoms with Crippen LogP contribution in [0.15, 0.2) is 10.8 Å². The molecule has 0 radical (unpaired) electrons. The fraction of sp³-hybridized carbons (Fsp3) is 0.615. The lowest BCUT2D eigenvalue weighted by Gasteiger charge is -2.28. The molecule has 0 bridgehead atoms. The third kappa shape index (κ3) is 4.14. The van der Waals surface area contributed by atoms with Crippen LogP contribution in [0, 0.1) is 0 Å². The molecule has 2 N–H and O–H groups in total. The second-order valence-corrected chi connectivity index (χ2v) is 5.60. The van der Waals surface area contributed by atoms with E-state index in [0.29, 0.717) is 28.4 Å². The van der Waals surface area contributed by atoms with Crippen molar-refractivity contribution >= 4 is 33.9 Å². The summed E-state index contributed by atoms with van der Waals surface area (Å²) >= 11 is 3.32. The largest absolute Gasteiger partial charge is 0.381 e. The van der Waals surface area contributed by atoms with E-state index in [4.69, 9.17) is 4.74 Å². The summed E-state index contributed by atoms with van der Waals surface area (Å²) in [5.41, 5.74) is 0. The van der Waals surface area contributed by atoms with E-state index in [-0.39, 0.29) is 6.54 Å². The summed E-state index contributed by atoms with van der Waals surface area (Å²) in [7, 11) is 1.76. The molecule has 2 rings (SSSR count). The van der Waals surface area contributed by atoms with Gasteiger partial charge in [0, 0.05) is 13.2 Å². The first-order valence-electron chi connectivity index (χ1n) is 6.72. The van der Waals surface area contributed by atoms with E-state index in [9.17, 15) is 4.79 Å². The van der Waals surface area contributed by atoms with Gasteiger partial charge in [-0.15, -0.1) is 0 Å². The Morgan fingerprint density at radius 1 is 1.40 bits per heavy atom. The molecule has 20 heavy (non-hydrogen) atoms. The van der Waals surface area contributed by atoms with Gasteiger partial charge < -0.3 is 20.2 Å². The van der Waals surface area contributed by atoms with Crippen molar-refractivity contribution in [3.63, 3.8) is 0 Å². The van der Waals surface area contributed by atoms with Crippen molar-refractivity contribution < 1.29 is 9.53 Å². The molecule has 0 saturated heterocycles. The summed E-state index contributed by atoms with van der Waals surface area (Å²) in [5, 5.41) is 6.36. The normalized spacial score (nSPS) is 22.3. The standard InChI is InChI=1S/C13H19BrN4O2/c1-20-10-4-2-9(3-5-10)17-13-12(15-6-7-19)16-8-11(14)18-13/h7-10H,2-6H2,1H3,(H,15,16)(H,17,18). The molecule has 0 spiro atoms. The van der Waals surface area contributed by atoms with Crippen LogP contribution in [0.3, 0.4) is 0 Å². The van der Waals surface area contributed by atoms with E-state index in [1.54, 1.807) is 13.3 Å². The fourth-order valence-corrected chi connectivity index (χ4v) is 2.65. The van der Waals surface area contributed by atoms with Crippen LogP contribution in [-0.4, -0.2) is 42.1 Å². The molecule has 0 unspecified atom stereocenters. The SMILES string of the molecule is COC1CCC(Nc2nc(Br)cnc2NCC=O)CC1. The van der Waals surface area contributed by atoms with Gasteiger partial charge in [-0.05, 0) is 41.6 Å². The Bertz CT molecular complexity index is 450. The van der Waals surface area contributed by atoms with Gasteiger partial charge in [0.2, 0.25) is 0 Å². The summed E-state index contributed by atoms with van der Waals surface area (Å²) in [5.74, 6) is 1.29. The molecule has 1 fully saturated rings. The number of aldehydes is 1. The van der Waals surface area contributed by atoms with Crippen molar-refractivity contribution in [3.8, 4) is 0 Å². The van der Waals surface area contributed by atoms with Crippen LogP contribution >= 0.6 is 15.9 Å². The number of halogens is 1. The summed E-state index contributed by atoms with van der Waals surface area (Å²) in [6.45, 7) is 0.224. The average Bonchev–Trinajstić information content (AvgIpc) is 2.47. The predicted molar refractivity (Wildman–Crippen MR) is 81.0 cm³/mol. The predicted octanol–water partition coefficient (Wildman–Crippen LogP) is 2.22.